The molecule has 0 saturated heterocycles. The summed E-state index contributed by atoms with van der Waals surface area (Å²) >= 11 is 0. The number of aryl methyl sites for hydroxylation is 1. The minimum Gasteiger partial charge on any atom is -0.455 e. The summed E-state index contributed by atoms with van der Waals surface area (Å²) in [4.78, 5) is 35.7. The zero-order chi connectivity index (χ0) is 26.9. The van der Waals surface area contributed by atoms with Crippen molar-refractivity contribution < 1.29 is 54.0 Å². The summed E-state index contributed by atoms with van der Waals surface area (Å²) in [5, 5.41) is 0. The molecule has 1 rings (SSSR count). The van der Waals surface area contributed by atoms with Crippen LogP contribution in [0.5, 0.6) is 0 Å². The van der Waals surface area contributed by atoms with E-state index in [4.69, 9.17) is 13.3 Å². The van der Waals surface area contributed by atoms with E-state index < -0.39 is 50.2 Å². The van der Waals surface area contributed by atoms with Crippen LogP contribution in [-0.4, -0.2) is 26.7 Å². The van der Waals surface area contributed by atoms with E-state index in [1.54, 1.807) is 0 Å². The molecule has 13 heteroatoms. The maximum atomic E-state index is 13.0. The molecule has 0 amide bonds. The highest BCUT2D eigenvalue weighted by molar-refractivity contribution is 6.65. The number of hydrogen-bond acceptors (Lipinski definition) is 6. The van der Waals surface area contributed by atoms with E-state index in [2.05, 4.69) is 0 Å². The van der Waals surface area contributed by atoms with Crippen molar-refractivity contribution in [3.63, 3.8) is 0 Å². The van der Waals surface area contributed by atoms with Crippen LogP contribution in [0.3, 0.4) is 0 Å². The molecule has 0 radical (unpaired) electrons. The predicted molar refractivity (Wildman–Crippen MR) is 114 cm³/mol. The second-order valence-corrected chi connectivity index (χ2v) is 10.1. The van der Waals surface area contributed by atoms with Crippen LogP contribution >= 0.6 is 0 Å². The average Bonchev–Trinajstić information content (AvgIpc) is 2.77. The van der Waals surface area contributed by atoms with Crippen molar-refractivity contribution in [1.29, 1.82) is 0 Å². The molecule has 0 aliphatic heterocycles. The zero-order valence-electron chi connectivity index (χ0n) is 19.6. The first-order valence-electron chi connectivity index (χ1n) is 11.1. The molecule has 0 N–H and O–H groups in total. The second kappa shape index (κ2) is 12.9. The molecule has 0 unspecified atom stereocenters. The molecule has 0 saturated carbocycles. The van der Waals surface area contributed by atoms with Gasteiger partial charge in [-0.05, 0) is 43.0 Å². The number of hydrogen-bond donors (Lipinski definition) is 0. The smallest absolute Gasteiger partial charge is 0.455 e. The summed E-state index contributed by atoms with van der Waals surface area (Å²) in [6, 6.07) is 1.29. The van der Waals surface area contributed by atoms with Crippen molar-refractivity contribution in [3.05, 3.63) is 34.9 Å². The van der Waals surface area contributed by atoms with Gasteiger partial charge in [-0.15, -0.1) is 0 Å². The Kier molecular flexibility index (Phi) is 11.3. The van der Waals surface area contributed by atoms with Crippen LogP contribution < -0.4 is 0 Å². The molecule has 0 atom stereocenters. The van der Waals surface area contributed by atoms with Crippen LogP contribution in [0.4, 0.5) is 26.3 Å². The lowest BCUT2D eigenvalue weighted by molar-refractivity contribution is -0.151. The van der Waals surface area contributed by atoms with Gasteiger partial charge in [0.25, 0.3) is 17.9 Å². The van der Waals surface area contributed by atoms with Crippen molar-refractivity contribution in [2.75, 3.05) is 0 Å². The summed E-state index contributed by atoms with van der Waals surface area (Å²) in [7, 11) is -4.09. The van der Waals surface area contributed by atoms with Gasteiger partial charge in [0, 0.05) is 19.3 Å². The van der Waals surface area contributed by atoms with Crippen molar-refractivity contribution in [2.24, 2.45) is 0 Å². The van der Waals surface area contributed by atoms with Crippen molar-refractivity contribution >= 4 is 26.7 Å². The minimum atomic E-state index is -4.93. The quantitative estimate of drug-likeness (QED) is 0.181. The van der Waals surface area contributed by atoms with E-state index in [-0.39, 0.29) is 62.6 Å². The molecule has 0 aliphatic carbocycles. The Balaban J connectivity index is 2.95. The molecule has 0 spiro atoms. The maximum Gasteiger partial charge on any atom is 0.705 e. The Morgan fingerprint density at radius 1 is 0.686 bits per heavy atom. The first kappa shape index (κ1) is 30.5. The number of carbonyl (C=O) groups is 3. The fourth-order valence-electron chi connectivity index (χ4n) is 2.96. The molecule has 35 heavy (non-hydrogen) atoms. The van der Waals surface area contributed by atoms with E-state index in [1.807, 2.05) is 0 Å². The first-order chi connectivity index (χ1) is 16.2. The summed E-state index contributed by atoms with van der Waals surface area (Å²) in [5.41, 5.74) is -2.92. The number of alkyl halides is 6. The molecular formula is C22H28F6O6Si. The van der Waals surface area contributed by atoms with Gasteiger partial charge < -0.3 is 13.3 Å². The second-order valence-electron chi connectivity index (χ2n) is 7.64. The summed E-state index contributed by atoms with van der Waals surface area (Å²) in [6.45, 7) is 4.49. The number of carbonyl (C=O) groups excluding carboxylic acids is 3. The molecule has 0 aromatic heterocycles. The molecule has 0 heterocycles. The molecule has 1 aromatic rings. The Morgan fingerprint density at radius 2 is 1.09 bits per heavy atom. The van der Waals surface area contributed by atoms with Crippen LogP contribution in [0.2, 0.25) is 6.04 Å². The van der Waals surface area contributed by atoms with E-state index in [1.165, 1.54) is 20.8 Å². The van der Waals surface area contributed by atoms with Crippen molar-refractivity contribution in [1.82, 2.24) is 0 Å². The third-order valence-corrected chi connectivity index (χ3v) is 7.35. The van der Waals surface area contributed by atoms with Gasteiger partial charge in [0.05, 0.1) is 17.2 Å². The predicted octanol–water partition coefficient (Wildman–Crippen LogP) is 6.24. The topological polar surface area (TPSA) is 78.9 Å². The van der Waals surface area contributed by atoms with E-state index >= 15 is 0 Å². The molecule has 1 aromatic carbocycles. The van der Waals surface area contributed by atoms with E-state index in [9.17, 15) is 40.7 Å². The molecule has 0 aliphatic rings. The van der Waals surface area contributed by atoms with Gasteiger partial charge >= 0.3 is 21.2 Å². The number of benzene rings is 1. The van der Waals surface area contributed by atoms with Gasteiger partial charge in [0.15, 0.2) is 0 Å². The van der Waals surface area contributed by atoms with Crippen molar-refractivity contribution in [2.45, 2.75) is 84.1 Å². The standard InChI is InChI=1S/C22H28F6O6Si/c1-4-18(29)32-35(33-19(30)5-2,34-20(31)6-3)11-9-7-8-10-15-12-16(21(23,24)25)14-17(13-15)22(26,27)28/h12-14H,4-11H2,1-3H3. The van der Waals surface area contributed by atoms with E-state index in [0.29, 0.717) is 12.1 Å². The number of halogens is 6. The van der Waals surface area contributed by atoms with Gasteiger partial charge in [-0.2, -0.15) is 26.3 Å². The van der Waals surface area contributed by atoms with Crippen LogP contribution in [0.25, 0.3) is 0 Å². The largest absolute Gasteiger partial charge is 0.705 e. The van der Waals surface area contributed by atoms with Gasteiger partial charge in [0.2, 0.25) is 0 Å². The van der Waals surface area contributed by atoms with Crippen molar-refractivity contribution in [3.8, 4) is 0 Å². The lowest BCUT2D eigenvalue weighted by Gasteiger charge is -2.27. The Labute approximate surface area is 200 Å². The lowest BCUT2D eigenvalue weighted by Crippen LogP contribution is -2.50. The summed E-state index contributed by atoms with van der Waals surface area (Å²) in [6.07, 6.45) is -9.52. The molecule has 198 valence electrons. The highest BCUT2D eigenvalue weighted by Gasteiger charge is 2.52. The fourth-order valence-corrected chi connectivity index (χ4v) is 5.55. The summed E-state index contributed by atoms with van der Waals surface area (Å²) in [5.74, 6) is -2.23. The van der Waals surface area contributed by atoms with Gasteiger partial charge in [0.1, 0.15) is 0 Å². The monoisotopic (exact) mass is 530 g/mol. The SMILES string of the molecule is CCC(=O)O[Si](CCCCCc1cc(C(F)(F)F)cc(C(F)(F)F)c1)(OC(=O)CC)OC(=O)CC. The number of unbranched alkanes of at least 4 members (excludes halogenated alkanes) is 2. The average molecular weight is 531 g/mol. The van der Waals surface area contributed by atoms with Crippen LogP contribution in [0.15, 0.2) is 18.2 Å². The molecular weight excluding hydrogens is 502 g/mol. The first-order valence-corrected chi connectivity index (χ1v) is 13.0. The Morgan fingerprint density at radius 3 is 1.43 bits per heavy atom. The maximum absolute atomic E-state index is 13.0. The lowest BCUT2D eigenvalue weighted by atomic mass is 10.0. The fraction of sp³-hybridized carbons (Fsp3) is 0.591. The van der Waals surface area contributed by atoms with Gasteiger partial charge in [-0.3, -0.25) is 14.4 Å². The van der Waals surface area contributed by atoms with Crippen LogP contribution in [-0.2, 0) is 46.4 Å². The molecule has 0 bridgehead atoms. The van der Waals surface area contributed by atoms with Crippen LogP contribution in [0, 0.1) is 0 Å². The minimum absolute atomic E-state index is 0.0652. The third kappa shape index (κ3) is 10.3. The Hall–Kier alpha value is -2.57. The molecule has 6 nitrogen and oxygen atoms in total. The highest BCUT2D eigenvalue weighted by Crippen LogP contribution is 2.36. The van der Waals surface area contributed by atoms with Gasteiger partial charge in [-0.1, -0.05) is 27.2 Å². The van der Waals surface area contributed by atoms with Gasteiger partial charge in [-0.25, -0.2) is 0 Å². The highest BCUT2D eigenvalue weighted by atomic mass is 28.4. The number of rotatable bonds is 12. The zero-order valence-corrected chi connectivity index (χ0v) is 20.6. The summed E-state index contributed by atoms with van der Waals surface area (Å²) < 4.78 is 93.9. The van der Waals surface area contributed by atoms with E-state index in [0.717, 1.165) is 0 Å². The van der Waals surface area contributed by atoms with Crippen LogP contribution in [0.1, 0.15) is 76.0 Å². The third-order valence-electron chi connectivity index (χ3n) is 4.77. The Bertz CT molecular complexity index is 806. The molecule has 0 fully saturated rings. The normalized spacial score (nSPS) is 12.3.